The Morgan fingerprint density at radius 2 is 1.17 bits per heavy atom. The van der Waals surface area contributed by atoms with Crippen molar-refractivity contribution in [2.75, 3.05) is 33.3 Å². The van der Waals surface area contributed by atoms with E-state index in [1.165, 1.54) is 12.0 Å². The van der Waals surface area contributed by atoms with Crippen LogP contribution in [0, 0.1) is 0 Å². The number of methoxy groups -OCH3 is 1. The highest BCUT2D eigenvalue weighted by Gasteiger charge is 2.45. The lowest BCUT2D eigenvalue weighted by molar-refractivity contribution is -0.145. The molecule has 6 atom stereocenters. The van der Waals surface area contributed by atoms with Gasteiger partial charge in [0.2, 0.25) is 23.6 Å². The zero-order valence-corrected chi connectivity index (χ0v) is 48.5. The second-order valence-electron chi connectivity index (χ2n) is 22.1. The second-order valence-corrected chi connectivity index (χ2v) is 22.1. The number of H-pyrrole nitrogens is 1. The molecule has 8 N–H and O–H groups in total. The van der Waals surface area contributed by atoms with Crippen LogP contribution < -0.4 is 37.2 Å². The van der Waals surface area contributed by atoms with E-state index in [-0.39, 0.29) is 64.0 Å². The average molecular weight is 1160 g/mol. The molecule has 0 bridgehead atoms. The van der Waals surface area contributed by atoms with Crippen molar-refractivity contribution in [3.05, 3.63) is 144 Å². The number of carbonyl (C=O) groups excluding carboxylic acids is 9. The Kier molecular flexibility index (Phi) is 23.5. The number of fused-ring (bicyclic) bond motifs is 1. The quantitative estimate of drug-likeness (QED) is 0.0184. The Morgan fingerprint density at radius 3 is 1.80 bits per heavy atom. The Bertz CT molecular complexity index is 3020. The SMILES string of the molecule is COC(=O)[C@H](CCCCNC(=O)OC(C)(C)C)NC(=O)[C@@H](Cc1c[nH]c2ccccc12)NC(=O)C(NC(=O)[C@@H]1C[C@@H](OC(=O)NCCNC(=O)OC(C)(C)C)CN1C(=O)[C@H](Cc1ccccc1)NC(=O)OCc1ccccc1)c1ccccc1. The number of nitrogens with one attached hydrogen (secondary N) is 8. The number of esters is 1. The number of aromatic nitrogens is 1. The summed E-state index contributed by atoms with van der Waals surface area (Å²) >= 11 is 0. The Balaban J connectivity index is 1.26. The fourth-order valence-corrected chi connectivity index (χ4v) is 9.18. The molecule has 0 spiro atoms. The van der Waals surface area contributed by atoms with Gasteiger partial charge in [0.05, 0.1) is 13.7 Å². The monoisotopic (exact) mass is 1160 g/mol. The summed E-state index contributed by atoms with van der Waals surface area (Å²) in [4.78, 5) is 129. The molecular weight excluding hydrogens is 1080 g/mol. The number of ether oxygens (including phenoxy) is 5. The molecular formula is C61H77N9O14. The molecule has 1 aliphatic rings. The molecule has 5 aromatic rings. The van der Waals surface area contributed by atoms with Gasteiger partial charge in [-0.2, -0.15) is 0 Å². The molecule has 84 heavy (non-hydrogen) atoms. The predicted octanol–water partition coefficient (Wildman–Crippen LogP) is 6.16. The largest absolute Gasteiger partial charge is 0.467 e. The van der Waals surface area contributed by atoms with Crippen molar-refractivity contribution in [3.8, 4) is 0 Å². The van der Waals surface area contributed by atoms with Gasteiger partial charge in [0.15, 0.2) is 0 Å². The summed E-state index contributed by atoms with van der Waals surface area (Å²) < 4.78 is 26.9. The van der Waals surface area contributed by atoms with Crippen LogP contribution >= 0.6 is 0 Å². The van der Waals surface area contributed by atoms with E-state index in [0.717, 1.165) is 10.9 Å². The highest BCUT2D eigenvalue weighted by Crippen LogP contribution is 2.26. The number of rotatable bonds is 25. The van der Waals surface area contributed by atoms with Crippen molar-refractivity contribution in [1.29, 1.82) is 0 Å². The third kappa shape index (κ3) is 20.7. The Labute approximate surface area is 488 Å². The number of nitrogens with zero attached hydrogens (tertiary/aromatic N) is 1. The van der Waals surface area contributed by atoms with E-state index in [1.54, 1.807) is 133 Å². The molecule has 2 heterocycles. The minimum atomic E-state index is -1.52. The van der Waals surface area contributed by atoms with Crippen LogP contribution in [0.3, 0.4) is 0 Å². The molecule has 4 aromatic carbocycles. The van der Waals surface area contributed by atoms with Gasteiger partial charge in [0.25, 0.3) is 0 Å². The highest BCUT2D eigenvalue weighted by molar-refractivity contribution is 5.97. The summed E-state index contributed by atoms with van der Waals surface area (Å²) in [6, 6.07) is 26.5. The summed E-state index contributed by atoms with van der Waals surface area (Å²) in [6.07, 6.45) is -2.05. The van der Waals surface area contributed by atoms with E-state index >= 15 is 14.4 Å². The van der Waals surface area contributed by atoms with Gasteiger partial charge in [-0.25, -0.2) is 24.0 Å². The fraction of sp³-hybridized carbons (Fsp3) is 0.426. The number of carbonyl (C=O) groups is 9. The summed E-state index contributed by atoms with van der Waals surface area (Å²) in [6.45, 7) is 10.0. The smallest absolute Gasteiger partial charge is 0.408 e. The number of hydrogen-bond acceptors (Lipinski definition) is 14. The number of likely N-dealkylation sites (tertiary alicyclic amines) is 1. The molecule has 1 aliphatic heterocycles. The molecule has 0 aliphatic carbocycles. The van der Waals surface area contributed by atoms with Gasteiger partial charge in [-0.15, -0.1) is 0 Å². The van der Waals surface area contributed by atoms with Gasteiger partial charge in [0, 0.05) is 56.0 Å². The number of hydrogen-bond donors (Lipinski definition) is 8. The van der Waals surface area contributed by atoms with Crippen molar-refractivity contribution < 1.29 is 66.8 Å². The van der Waals surface area contributed by atoms with Gasteiger partial charge in [-0.05, 0) is 89.1 Å². The first-order chi connectivity index (χ1) is 40.0. The molecule has 6 rings (SSSR count). The maximum absolute atomic E-state index is 15.1. The molecule has 0 radical (unpaired) electrons. The van der Waals surface area contributed by atoms with Crippen molar-refractivity contribution in [2.45, 2.75) is 134 Å². The van der Waals surface area contributed by atoms with Crippen molar-refractivity contribution in [3.63, 3.8) is 0 Å². The van der Waals surface area contributed by atoms with E-state index in [2.05, 4.69) is 42.2 Å². The van der Waals surface area contributed by atoms with Crippen LogP contribution in [0.5, 0.6) is 0 Å². The van der Waals surface area contributed by atoms with Crippen molar-refractivity contribution in [1.82, 2.24) is 47.1 Å². The minimum absolute atomic E-state index is 0.0206. The number of alkyl carbamates (subject to hydrolysis) is 4. The summed E-state index contributed by atoms with van der Waals surface area (Å²) in [7, 11) is 1.18. The second kappa shape index (κ2) is 30.8. The molecule has 450 valence electrons. The molecule has 23 nitrogen and oxygen atoms in total. The van der Waals surface area contributed by atoms with Gasteiger partial charge in [-0.3, -0.25) is 19.2 Å². The van der Waals surface area contributed by atoms with Crippen LogP contribution in [0.1, 0.15) is 95.5 Å². The molecule has 1 aromatic heterocycles. The van der Waals surface area contributed by atoms with Crippen LogP contribution in [0.2, 0.25) is 0 Å². The van der Waals surface area contributed by atoms with Gasteiger partial charge < -0.3 is 70.8 Å². The summed E-state index contributed by atoms with van der Waals surface area (Å²) in [5, 5.41) is 19.6. The standard InChI is InChI=1S/C61H77N9O14/c1-60(2,3)83-57(77)62-30-20-19-29-46(55(75)80-7)66-51(71)47(34-42-36-65-45-28-18-17-27-44(42)45)67-53(73)50(41-25-15-10-16-26-41)69-52(72)49-35-43(82-56(76)63-31-32-64-58(78)84-61(4,5)6)37-70(49)54(74)48(33-39-21-11-8-12-22-39)68-59(79)81-38-40-23-13-9-14-24-40/h8-18,21-28,36,43,46-50,65H,19-20,29-35,37-38H2,1-7H3,(H,62,77)(H,63,76)(H,64,78)(H,66,71)(H,67,73)(H,68,79)(H,69,72)/t43-,46+,47-,48+,49+,50?/m1/s1. The third-order valence-corrected chi connectivity index (χ3v) is 13.1. The zero-order valence-electron chi connectivity index (χ0n) is 48.5. The van der Waals surface area contributed by atoms with Crippen LogP contribution in [0.25, 0.3) is 10.9 Å². The first-order valence-corrected chi connectivity index (χ1v) is 27.8. The van der Waals surface area contributed by atoms with E-state index in [1.807, 2.05) is 30.3 Å². The maximum Gasteiger partial charge on any atom is 0.408 e. The van der Waals surface area contributed by atoms with Gasteiger partial charge in [-0.1, -0.05) is 109 Å². The normalized spacial score (nSPS) is 15.4. The van der Waals surface area contributed by atoms with Crippen LogP contribution in [-0.4, -0.2) is 139 Å². The number of unbranched alkanes of at least 4 members (excludes halogenated alkanes) is 1. The Hall–Kier alpha value is -9.15. The summed E-state index contributed by atoms with van der Waals surface area (Å²) in [5.41, 5.74) is 1.59. The number of aromatic amines is 1. The molecule has 23 heteroatoms. The number of benzene rings is 4. The van der Waals surface area contributed by atoms with E-state index in [0.29, 0.717) is 29.5 Å². The first-order valence-electron chi connectivity index (χ1n) is 27.8. The predicted molar refractivity (Wildman–Crippen MR) is 310 cm³/mol. The molecule has 1 fully saturated rings. The van der Waals surface area contributed by atoms with Crippen molar-refractivity contribution in [2.24, 2.45) is 0 Å². The summed E-state index contributed by atoms with van der Waals surface area (Å²) in [5.74, 6) is -3.93. The number of amides is 8. The topological polar surface area (TPSA) is 303 Å². The minimum Gasteiger partial charge on any atom is -0.467 e. The van der Waals surface area contributed by atoms with Crippen LogP contribution in [-0.2, 0) is 67.1 Å². The van der Waals surface area contributed by atoms with E-state index in [4.69, 9.17) is 23.7 Å². The van der Waals surface area contributed by atoms with E-state index < -0.39 is 101 Å². The third-order valence-electron chi connectivity index (χ3n) is 13.1. The van der Waals surface area contributed by atoms with Crippen LogP contribution in [0.4, 0.5) is 19.2 Å². The van der Waals surface area contributed by atoms with Gasteiger partial charge in [0.1, 0.15) is 54.1 Å². The molecule has 1 saturated heterocycles. The van der Waals surface area contributed by atoms with E-state index in [9.17, 15) is 28.8 Å². The maximum atomic E-state index is 15.1. The molecule has 0 saturated carbocycles. The van der Waals surface area contributed by atoms with Crippen molar-refractivity contribution >= 4 is 64.9 Å². The fourth-order valence-electron chi connectivity index (χ4n) is 9.18. The van der Waals surface area contributed by atoms with Crippen LogP contribution in [0.15, 0.2) is 121 Å². The zero-order chi connectivity index (χ0) is 60.8. The molecule has 1 unspecified atom stereocenters. The lowest BCUT2D eigenvalue weighted by atomic mass is 10.0. The lowest BCUT2D eigenvalue weighted by Crippen LogP contribution is -2.57. The first kappa shape index (κ1) is 64.0. The molecule has 8 amide bonds. The average Bonchev–Trinajstić information content (AvgIpc) is 4.31. The number of para-hydroxylation sites is 1. The van der Waals surface area contributed by atoms with Gasteiger partial charge >= 0.3 is 30.3 Å². The Morgan fingerprint density at radius 1 is 0.595 bits per heavy atom. The lowest BCUT2D eigenvalue weighted by Gasteiger charge is -2.30. The highest BCUT2D eigenvalue weighted by atomic mass is 16.6.